The molecule has 0 bridgehead atoms. The number of amides is 3. The van der Waals surface area contributed by atoms with Crippen LogP contribution in [0.5, 0.6) is 0 Å². The van der Waals surface area contributed by atoms with E-state index in [1.807, 2.05) is 6.92 Å². The maximum atomic E-state index is 11.5. The van der Waals surface area contributed by atoms with Gasteiger partial charge in [-0.15, -0.1) is 0 Å². The number of hydrogen-bond donors (Lipinski definition) is 2. The first kappa shape index (κ1) is 13.4. The van der Waals surface area contributed by atoms with Crippen LogP contribution >= 0.6 is 0 Å². The lowest BCUT2D eigenvalue weighted by Crippen LogP contribution is -2.48. The third-order valence-corrected chi connectivity index (χ3v) is 1.65. The van der Waals surface area contributed by atoms with Gasteiger partial charge in [0, 0.05) is 19.7 Å². The van der Waals surface area contributed by atoms with E-state index in [0.717, 1.165) is 5.01 Å². The second kappa shape index (κ2) is 6.78. The lowest BCUT2D eigenvalue weighted by Gasteiger charge is -2.18. The monoisotopic (exact) mass is 211 g/mol. The van der Waals surface area contributed by atoms with Crippen molar-refractivity contribution in [3.05, 3.63) is 23.9 Å². The summed E-state index contributed by atoms with van der Waals surface area (Å²) < 4.78 is 0. The van der Waals surface area contributed by atoms with E-state index in [0.29, 0.717) is 5.70 Å². The topological polar surface area (TPSA) is 61.4 Å². The number of urea groups is 1. The van der Waals surface area contributed by atoms with Gasteiger partial charge in [0.25, 0.3) is 0 Å². The van der Waals surface area contributed by atoms with E-state index in [2.05, 4.69) is 10.7 Å². The molecule has 3 amide bonds. The molecule has 0 aromatic heterocycles. The van der Waals surface area contributed by atoms with Crippen LogP contribution in [0.3, 0.4) is 0 Å². The second-order valence-electron chi connectivity index (χ2n) is 2.75. The predicted octanol–water partition coefficient (Wildman–Crippen LogP) is 1.16. The molecule has 0 rings (SSSR count). The van der Waals surface area contributed by atoms with Crippen molar-refractivity contribution in [1.82, 2.24) is 15.8 Å². The minimum absolute atomic E-state index is 0.370. The Morgan fingerprint density at radius 2 is 1.87 bits per heavy atom. The molecule has 0 aromatic carbocycles. The number of hydrazine groups is 1. The molecule has 0 fully saturated rings. The van der Waals surface area contributed by atoms with Crippen molar-refractivity contribution in [3.63, 3.8) is 0 Å². The number of rotatable bonds is 3. The van der Waals surface area contributed by atoms with Crippen molar-refractivity contribution in [1.29, 1.82) is 0 Å². The van der Waals surface area contributed by atoms with Crippen LogP contribution in [0.2, 0.25) is 0 Å². The normalized spacial score (nSPS) is 11.6. The molecule has 5 heteroatoms. The summed E-state index contributed by atoms with van der Waals surface area (Å²) in [4.78, 5) is 22.5. The van der Waals surface area contributed by atoms with Gasteiger partial charge in [-0.05, 0) is 19.9 Å². The van der Waals surface area contributed by atoms with E-state index in [1.165, 1.54) is 14.0 Å². The average Bonchev–Trinajstić information content (AvgIpc) is 2.17. The number of nitrogens with one attached hydrogen (secondary N) is 2. The summed E-state index contributed by atoms with van der Waals surface area (Å²) in [5.74, 6) is -0.370. The molecule has 84 valence electrons. The molecule has 0 spiro atoms. The van der Waals surface area contributed by atoms with E-state index < -0.39 is 6.03 Å². The highest BCUT2D eigenvalue weighted by molar-refractivity contribution is 5.93. The summed E-state index contributed by atoms with van der Waals surface area (Å²) in [6.07, 6.45) is 5.28. The highest BCUT2D eigenvalue weighted by Crippen LogP contribution is 1.94. The van der Waals surface area contributed by atoms with E-state index in [1.54, 1.807) is 25.2 Å². The summed E-state index contributed by atoms with van der Waals surface area (Å²) >= 11 is 0. The Labute approximate surface area is 89.8 Å². The quantitative estimate of drug-likeness (QED) is 0.544. The molecular weight excluding hydrogens is 194 g/mol. The Morgan fingerprint density at radius 3 is 2.20 bits per heavy atom. The van der Waals surface area contributed by atoms with Crippen LogP contribution in [-0.2, 0) is 4.79 Å². The van der Waals surface area contributed by atoms with Crippen molar-refractivity contribution in [2.24, 2.45) is 0 Å². The summed E-state index contributed by atoms with van der Waals surface area (Å²) in [6, 6.07) is -0.504. The Hall–Kier alpha value is -1.62. The molecule has 0 saturated carbocycles. The largest absolute Gasteiger partial charge is 0.343 e. The highest BCUT2D eigenvalue weighted by atomic mass is 16.2. The summed E-state index contributed by atoms with van der Waals surface area (Å²) in [7, 11) is 1.51. The zero-order chi connectivity index (χ0) is 11.8. The van der Waals surface area contributed by atoms with Crippen molar-refractivity contribution in [2.75, 3.05) is 7.05 Å². The zero-order valence-corrected chi connectivity index (χ0v) is 9.50. The van der Waals surface area contributed by atoms with E-state index in [4.69, 9.17) is 0 Å². The number of carbonyl (C=O) groups is 2. The predicted molar refractivity (Wildman–Crippen MR) is 58.7 cm³/mol. The van der Waals surface area contributed by atoms with Crippen LogP contribution in [0.1, 0.15) is 20.8 Å². The maximum absolute atomic E-state index is 11.5. The van der Waals surface area contributed by atoms with Crippen LogP contribution in [0.15, 0.2) is 23.9 Å². The lowest BCUT2D eigenvalue weighted by molar-refractivity contribution is -0.127. The third-order valence-electron chi connectivity index (χ3n) is 1.65. The Bertz CT molecular complexity index is 295. The van der Waals surface area contributed by atoms with Gasteiger partial charge >= 0.3 is 6.03 Å². The first-order valence-electron chi connectivity index (χ1n) is 4.64. The summed E-state index contributed by atoms with van der Waals surface area (Å²) in [5, 5.41) is 3.47. The van der Waals surface area contributed by atoms with Gasteiger partial charge in [0.2, 0.25) is 5.91 Å². The first-order chi connectivity index (χ1) is 7.06. The van der Waals surface area contributed by atoms with Gasteiger partial charge in [0.15, 0.2) is 0 Å². The maximum Gasteiger partial charge on any atom is 0.343 e. The molecule has 15 heavy (non-hydrogen) atoms. The number of imide groups is 1. The molecule has 0 atom stereocenters. The number of allylic oxidation sites excluding steroid dienone is 3. The lowest BCUT2D eigenvalue weighted by atomic mass is 10.3. The number of hydrogen-bond acceptors (Lipinski definition) is 3. The molecule has 0 saturated heterocycles. The molecule has 0 unspecified atom stereocenters. The SMILES string of the molecule is C/C=C\C(=C/C)NC(=O)N(NC)C(C)=O. The molecular formula is C10H17N3O2. The fraction of sp³-hybridized carbons (Fsp3) is 0.400. The van der Waals surface area contributed by atoms with Gasteiger partial charge in [-0.2, -0.15) is 5.01 Å². The standard InChI is InChI=1S/C10H17N3O2/c1-5-7-9(6-2)12-10(15)13(11-4)8(3)14/h5-7,11H,1-4H3,(H,12,15)/b7-5-,9-6+. The van der Waals surface area contributed by atoms with E-state index >= 15 is 0 Å². The summed E-state index contributed by atoms with van der Waals surface area (Å²) in [6.45, 7) is 4.95. The fourth-order valence-electron chi connectivity index (χ4n) is 0.971. The molecule has 5 nitrogen and oxygen atoms in total. The van der Waals surface area contributed by atoms with Crippen LogP contribution < -0.4 is 10.7 Å². The average molecular weight is 211 g/mol. The van der Waals surface area contributed by atoms with Crippen LogP contribution in [-0.4, -0.2) is 24.0 Å². The van der Waals surface area contributed by atoms with Gasteiger partial charge in [0.05, 0.1) is 0 Å². The summed E-state index contributed by atoms with van der Waals surface area (Å²) in [5.41, 5.74) is 3.14. The molecule has 0 aliphatic heterocycles. The van der Waals surface area contributed by atoms with Gasteiger partial charge in [-0.3, -0.25) is 4.79 Å². The molecule has 0 aliphatic rings. The Balaban J connectivity index is 4.52. The smallest absolute Gasteiger partial charge is 0.307 e. The number of carbonyl (C=O) groups excluding carboxylic acids is 2. The number of nitrogens with zero attached hydrogens (tertiary/aromatic N) is 1. The van der Waals surface area contributed by atoms with Crippen molar-refractivity contribution < 1.29 is 9.59 Å². The van der Waals surface area contributed by atoms with Crippen LogP contribution in [0.25, 0.3) is 0 Å². The Kier molecular flexibility index (Phi) is 6.05. The van der Waals surface area contributed by atoms with Crippen molar-refractivity contribution >= 4 is 11.9 Å². The molecule has 2 N–H and O–H groups in total. The van der Waals surface area contributed by atoms with E-state index in [9.17, 15) is 9.59 Å². The zero-order valence-electron chi connectivity index (χ0n) is 9.50. The first-order valence-corrected chi connectivity index (χ1v) is 4.64. The second-order valence-corrected chi connectivity index (χ2v) is 2.75. The van der Waals surface area contributed by atoms with Crippen molar-refractivity contribution in [2.45, 2.75) is 20.8 Å². The van der Waals surface area contributed by atoms with Crippen molar-refractivity contribution in [3.8, 4) is 0 Å². The van der Waals surface area contributed by atoms with Crippen LogP contribution in [0, 0.1) is 0 Å². The molecule has 0 radical (unpaired) electrons. The van der Waals surface area contributed by atoms with Gasteiger partial charge < -0.3 is 5.32 Å². The van der Waals surface area contributed by atoms with E-state index in [-0.39, 0.29) is 5.91 Å². The fourth-order valence-corrected chi connectivity index (χ4v) is 0.971. The molecule has 0 heterocycles. The molecule has 0 aliphatic carbocycles. The third kappa shape index (κ3) is 4.42. The highest BCUT2D eigenvalue weighted by Gasteiger charge is 2.15. The van der Waals surface area contributed by atoms with Crippen LogP contribution in [0.4, 0.5) is 4.79 Å². The molecule has 0 aromatic rings. The van der Waals surface area contributed by atoms with Gasteiger partial charge in [0.1, 0.15) is 0 Å². The van der Waals surface area contributed by atoms with Gasteiger partial charge in [-0.25, -0.2) is 10.2 Å². The Morgan fingerprint density at radius 1 is 1.27 bits per heavy atom. The van der Waals surface area contributed by atoms with Gasteiger partial charge in [-0.1, -0.05) is 12.2 Å². The minimum atomic E-state index is -0.504. The minimum Gasteiger partial charge on any atom is -0.307 e.